The lowest BCUT2D eigenvalue weighted by Crippen LogP contribution is -2.30. The topological polar surface area (TPSA) is 38.8 Å². The molecule has 2 unspecified atom stereocenters. The van der Waals surface area contributed by atoms with Gasteiger partial charge in [-0.05, 0) is 33.5 Å². The molecule has 4 nitrogen and oxygen atoms in total. The van der Waals surface area contributed by atoms with Gasteiger partial charge >= 0.3 is 5.97 Å². The Balaban J connectivity index is 0.000000382. The van der Waals surface area contributed by atoms with Gasteiger partial charge in [-0.3, -0.25) is 4.90 Å². The Labute approximate surface area is 132 Å². The largest absolute Gasteiger partial charge is 0.443 e. The monoisotopic (exact) mass is 313 g/mol. The molecule has 0 aliphatic rings. The molecule has 0 aromatic heterocycles. The van der Waals surface area contributed by atoms with E-state index in [2.05, 4.69) is 6.58 Å². The van der Waals surface area contributed by atoms with E-state index in [9.17, 15) is 4.79 Å². The van der Waals surface area contributed by atoms with Gasteiger partial charge in [-0.1, -0.05) is 48.5 Å². The summed E-state index contributed by atoms with van der Waals surface area (Å²) in [6.07, 6.45) is -0.195. The van der Waals surface area contributed by atoms with Gasteiger partial charge in [0.05, 0.1) is 0 Å². The number of rotatable bonds is 5. The standard InChI is InChI=1S/C8H9ClO.C8H15NO2/c1-10-8(9)7-5-3-2-4-6-7;1-6(2)8(10)11-7(3)9(4)5/h2-6,8H,1H3;7H,1H2,2-5H3. The van der Waals surface area contributed by atoms with Crippen LogP contribution in [0.4, 0.5) is 0 Å². The maximum Gasteiger partial charge on any atom is 0.334 e. The number of nitrogens with zero attached hydrogens (tertiary/aromatic N) is 1. The zero-order valence-electron chi connectivity index (χ0n) is 13.3. The lowest BCUT2D eigenvalue weighted by molar-refractivity contribution is -0.150. The van der Waals surface area contributed by atoms with E-state index in [1.165, 1.54) is 0 Å². The van der Waals surface area contributed by atoms with Crippen LogP contribution in [-0.4, -0.2) is 38.3 Å². The first kappa shape index (κ1) is 19.6. The molecule has 0 spiro atoms. The molecule has 118 valence electrons. The fraction of sp³-hybridized carbons (Fsp3) is 0.438. The molecular weight excluding hydrogens is 290 g/mol. The summed E-state index contributed by atoms with van der Waals surface area (Å²) in [7, 11) is 5.28. The van der Waals surface area contributed by atoms with Crippen molar-refractivity contribution in [2.45, 2.75) is 25.6 Å². The molecule has 1 aromatic rings. The van der Waals surface area contributed by atoms with Crippen molar-refractivity contribution >= 4 is 17.6 Å². The van der Waals surface area contributed by atoms with E-state index in [0.717, 1.165) is 5.56 Å². The first-order chi connectivity index (χ1) is 9.79. The molecule has 0 saturated carbocycles. The molecule has 5 heteroatoms. The minimum atomic E-state index is -0.341. The van der Waals surface area contributed by atoms with Gasteiger partial charge in [0, 0.05) is 12.7 Å². The summed E-state index contributed by atoms with van der Waals surface area (Å²) in [5.74, 6) is -0.341. The number of halogens is 1. The Kier molecular flexibility index (Phi) is 9.71. The second-order valence-electron chi connectivity index (χ2n) is 4.71. The molecule has 1 aromatic carbocycles. The molecule has 0 heterocycles. The Morgan fingerprint density at radius 1 is 1.29 bits per heavy atom. The van der Waals surface area contributed by atoms with Crippen molar-refractivity contribution in [2.24, 2.45) is 0 Å². The van der Waals surface area contributed by atoms with E-state index in [1.807, 2.05) is 44.4 Å². The number of alkyl halides is 1. The average Bonchev–Trinajstić information content (AvgIpc) is 2.47. The number of esters is 1. The van der Waals surface area contributed by atoms with Crippen LogP contribution in [0.2, 0.25) is 0 Å². The molecule has 1 rings (SSSR count). The second kappa shape index (κ2) is 10.4. The Bertz CT molecular complexity index is 434. The summed E-state index contributed by atoms with van der Waals surface area (Å²) in [6.45, 7) is 6.91. The molecule has 0 radical (unpaired) electrons. The van der Waals surface area contributed by atoms with Gasteiger partial charge in [0.1, 0.15) is 0 Å². The zero-order valence-corrected chi connectivity index (χ0v) is 14.1. The van der Waals surface area contributed by atoms with Gasteiger partial charge in [0.15, 0.2) is 11.8 Å². The Morgan fingerprint density at radius 3 is 2.19 bits per heavy atom. The summed E-state index contributed by atoms with van der Waals surface area (Å²) in [5.41, 5.74) is 1.10. The van der Waals surface area contributed by atoms with Crippen molar-refractivity contribution in [2.75, 3.05) is 21.2 Å². The fourth-order valence-electron chi connectivity index (χ4n) is 1.10. The van der Waals surface area contributed by atoms with Gasteiger partial charge in [-0.15, -0.1) is 0 Å². The van der Waals surface area contributed by atoms with E-state index in [-0.39, 0.29) is 17.8 Å². The van der Waals surface area contributed by atoms with Crippen LogP contribution in [0.25, 0.3) is 0 Å². The van der Waals surface area contributed by atoms with Crippen molar-refractivity contribution in [3.8, 4) is 0 Å². The highest BCUT2D eigenvalue weighted by Crippen LogP contribution is 2.19. The predicted octanol–water partition coefficient (Wildman–Crippen LogP) is 3.58. The van der Waals surface area contributed by atoms with Crippen molar-refractivity contribution in [3.63, 3.8) is 0 Å². The van der Waals surface area contributed by atoms with Gasteiger partial charge in [-0.25, -0.2) is 4.79 Å². The third-order valence-electron chi connectivity index (χ3n) is 2.62. The number of ether oxygens (including phenoxy) is 2. The number of hydrogen-bond acceptors (Lipinski definition) is 4. The number of carbonyl (C=O) groups is 1. The van der Waals surface area contributed by atoms with Gasteiger partial charge in [-0.2, -0.15) is 0 Å². The highest BCUT2D eigenvalue weighted by atomic mass is 35.5. The quantitative estimate of drug-likeness (QED) is 0.360. The summed E-state index contributed by atoms with van der Waals surface area (Å²) in [5, 5.41) is 0. The molecule has 0 amide bonds. The van der Waals surface area contributed by atoms with Crippen molar-refractivity contribution in [1.82, 2.24) is 4.90 Å². The highest BCUT2D eigenvalue weighted by molar-refractivity contribution is 6.19. The molecule has 21 heavy (non-hydrogen) atoms. The smallest absolute Gasteiger partial charge is 0.334 e. The van der Waals surface area contributed by atoms with Crippen molar-refractivity contribution in [3.05, 3.63) is 48.0 Å². The number of hydrogen-bond donors (Lipinski definition) is 0. The molecular formula is C16H24ClNO3. The maximum absolute atomic E-state index is 10.9. The van der Waals surface area contributed by atoms with E-state index >= 15 is 0 Å². The minimum Gasteiger partial charge on any atom is -0.443 e. The normalized spacial score (nSPS) is 12.9. The van der Waals surface area contributed by atoms with Gasteiger partial charge in [0.2, 0.25) is 0 Å². The summed E-state index contributed by atoms with van der Waals surface area (Å²) in [4.78, 5) is 12.7. The van der Waals surface area contributed by atoms with Gasteiger partial charge in [0.25, 0.3) is 0 Å². The van der Waals surface area contributed by atoms with E-state index in [1.54, 1.807) is 25.9 Å². The fourth-order valence-corrected chi connectivity index (χ4v) is 1.25. The maximum atomic E-state index is 10.9. The van der Waals surface area contributed by atoms with E-state index < -0.39 is 0 Å². The summed E-state index contributed by atoms with van der Waals surface area (Å²) < 4.78 is 9.86. The average molecular weight is 314 g/mol. The second-order valence-corrected chi connectivity index (χ2v) is 5.11. The molecule has 0 bridgehead atoms. The Hall–Kier alpha value is -1.36. The lowest BCUT2D eigenvalue weighted by Gasteiger charge is -2.19. The van der Waals surface area contributed by atoms with Crippen LogP contribution >= 0.6 is 11.6 Å². The van der Waals surface area contributed by atoms with Crippen molar-refractivity contribution in [1.29, 1.82) is 0 Å². The van der Waals surface area contributed by atoms with Crippen LogP contribution in [0, 0.1) is 0 Å². The summed E-state index contributed by atoms with van der Waals surface area (Å²) in [6, 6.07) is 9.68. The first-order valence-corrected chi connectivity index (χ1v) is 6.98. The van der Waals surface area contributed by atoms with E-state index in [4.69, 9.17) is 21.1 Å². The third-order valence-corrected chi connectivity index (χ3v) is 3.05. The molecule has 0 N–H and O–H groups in total. The van der Waals surface area contributed by atoms with Crippen LogP contribution < -0.4 is 0 Å². The van der Waals surface area contributed by atoms with Crippen molar-refractivity contribution < 1.29 is 14.3 Å². The molecule has 0 aliphatic carbocycles. The predicted molar refractivity (Wildman–Crippen MR) is 86.1 cm³/mol. The lowest BCUT2D eigenvalue weighted by atomic mass is 10.2. The van der Waals surface area contributed by atoms with Gasteiger partial charge < -0.3 is 9.47 Å². The van der Waals surface area contributed by atoms with Crippen LogP contribution in [0.3, 0.4) is 0 Å². The zero-order chi connectivity index (χ0) is 16.4. The third kappa shape index (κ3) is 8.50. The molecule has 0 aliphatic heterocycles. The van der Waals surface area contributed by atoms with Crippen LogP contribution in [0.1, 0.15) is 25.0 Å². The number of benzene rings is 1. The minimum absolute atomic E-state index is 0.195. The SMILES string of the molecule is C=C(C)C(=O)OC(C)N(C)C.COC(Cl)c1ccccc1. The van der Waals surface area contributed by atoms with Crippen LogP contribution in [0.5, 0.6) is 0 Å². The molecule has 0 saturated heterocycles. The van der Waals surface area contributed by atoms with E-state index in [0.29, 0.717) is 5.57 Å². The molecule has 0 fully saturated rings. The first-order valence-electron chi connectivity index (χ1n) is 6.54. The highest BCUT2D eigenvalue weighted by Gasteiger charge is 2.10. The van der Waals surface area contributed by atoms with Crippen LogP contribution in [0.15, 0.2) is 42.5 Å². The summed E-state index contributed by atoms with van der Waals surface area (Å²) >= 11 is 5.77. The number of carbonyl (C=O) groups excluding carboxylic acids is 1. The van der Waals surface area contributed by atoms with Crippen LogP contribution in [-0.2, 0) is 14.3 Å². The molecule has 2 atom stereocenters. The number of methoxy groups -OCH3 is 1. The Morgan fingerprint density at radius 2 is 1.81 bits per heavy atom.